The highest BCUT2D eigenvalue weighted by molar-refractivity contribution is 14.0. The Balaban J connectivity index is 0.00000484. The summed E-state index contributed by atoms with van der Waals surface area (Å²) >= 11 is 1.81. The standard InChI is InChI=1S/C17H29N3OS.HI/c1-5-18-16(20-13-17(2,3)22-4)19-11-15(12-21)14-9-7-6-8-10-14;/h6-10,15,21H,5,11-13H2,1-4H3,(H2,18,19,20);1H. The van der Waals surface area contributed by atoms with Gasteiger partial charge in [-0.2, -0.15) is 11.8 Å². The van der Waals surface area contributed by atoms with Crippen LogP contribution >= 0.6 is 35.7 Å². The Hall–Kier alpha value is -0.470. The molecule has 0 spiro atoms. The van der Waals surface area contributed by atoms with Crippen molar-refractivity contribution < 1.29 is 5.11 Å². The molecule has 1 atom stereocenters. The highest BCUT2D eigenvalue weighted by atomic mass is 127. The van der Waals surface area contributed by atoms with E-state index in [1.807, 2.05) is 42.1 Å². The van der Waals surface area contributed by atoms with Gasteiger partial charge in [-0.25, -0.2) is 0 Å². The van der Waals surface area contributed by atoms with E-state index in [4.69, 9.17) is 0 Å². The van der Waals surface area contributed by atoms with Crippen molar-refractivity contribution in [3.8, 4) is 0 Å². The van der Waals surface area contributed by atoms with Gasteiger partial charge in [0.1, 0.15) is 0 Å². The van der Waals surface area contributed by atoms with Crippen LogP contribution in [0.3, 0.4) is 0 Å². The zero-order valence-electron chi connectivity index (χ0n) is 14.5. The van der Waals surface area contributed by atoms with Gasteiger partial charge in [0.2, 0.25) is 0 Å². The largest absolute Gasteiger partial charge is 0.396 e. The van der Waals surface area contributed by atoms with Gasteiger partial charge in [0, 0.05) is 23.8 Å². The van der Waals surface area contributed by atoms with Crippen molar-refractivity contribution in [1.29, 1.82) is 0 Å². The smallest absolute Gasteiger partial charge is 0.191 e. The van der Waals surface area contributed by atoms with E-state index >= 15 is 0 Å². The van der Waals surface area contributed by atoms with Crippen LogP contribution in [-0.4, -0.2) is 48.3 Å². The van der Waals surface area contributed by atoms with Crippen molar-refractivity contribution in [3.63, 3.8) is 0 Å². The molecule has 0 fully saturated rings. The molecule has 132 valence electrons. The van der Waals surface area contributed by atoms with E-state index in [1.165, 1.54) is 0 Å². The van der Waals surface area contributed by atoms with E-state index in [0.717, 1.165) is 24.6 Å². The number of aliphatic hydroxyl groups excluding tert-OH is 1. The van der Waals surface area contributed by atoms with Gasteiger partial charge in [-0.1, -0.05) is 30.3 Å². The van der Waals surface area contributed by atoms with Gasteiger partial charge in [0.25, 0.3) is 0 Å². The molecule has 1 aromatic rings. The van der Waals surface area contributed by atoms with Crippen LogP contribution in [0.4, 0.5) is 0 Å². The van der Waals surface area contributed by atoms with Crippen molar-refractivity contribution >= 4 is 41.7 Å². The molecule has 3 N–H and O–H groups in total. The van der Waals surface area contributed by atoms with Crippen LogP contribution in [-0.2, 0) is 0 Å². The molecule has 6 heteroatoms. The molecule has 0 aliphatic rings. The molecule has 0 saturated carbocycles. The third kappa shape index (κ3) is 8.81. The molecule has 4 nitrogen and oxygen atoms in total. The van der Waals surface area contributed by atoms with Crippen LogP contribution in [0.25, 0.3) is 0 Å². The number of rotatable bonds is 8. The van der Waals surface area contributed by atoms with Crippen LogP contribution in [0, 0.1) is 0 Å². The monoisotopic (exact) mass is 451 g/mol. The van der Waals surface area contributed by atoms with Gasteiger partial charge in [-0.05, 0) is 32.6 Å². The maximum Gasteiger partial charge on any atom is 0.191 e. The van der Waals surface area contributed by atoms with E-state index in [2.05, 4.69) is 42.7 Å². The summed E-state index contributed by atoms with van der Waals surface area (Å²) in [6.07, 6.45) is 2.10. The molecule has 1 aromatic carbocycles. The second-order valence-electron chi connectivity index (χ2n) is 5.83. The topological polar surface area (TPSA) is 56.7 Å². The first kappa shape index (κ1) is 22.5. The quantitative estimate of drug-likeness (QED) is 0.323. The van der Waals surface area contributed by atoms with E-state index in [0.29, 0.717) is 6.54 Å². The van der Waals surface area contributed by atoms with Crippen LogP contribution < -0.4 is 10.6 Å². The third-order valence-corrected chi connectivity index (χ3v) is 4.76. The number of thioether (sulfide) groups is 1. The summed E-state index contributed by atoms with van der Waals surface area (Å²) in [5, 5.41) is 16.2. The van der Waals surface area contributed by atoms with Crippen molar-refractivity contribution in [2.75, 3.05) is 32.5 Å². The number of hydrogen-bond acceptors (Lipinski definition) is 3. The molecule has 0 bridgehead atoms. The number of aliphatic hydroxyl groups is 1. The average molecular weight is 451 g/mol. The van der Waals surface area contributed by atoms with Crippen LogP contribution in [0.1, 0.15) is 32.3 Å². The summed E-state index contributed by atoms with van der Waals surface area (Å²) in [5.74, 6) is 0.873. The van der Waals surface area contributed by atoms with Gasteiger partial charge in [0.05, 0.1) is 13.2 Å². The van der Waals surface area contributed by atoms with Crippen molar-refractivity contribution in [1.82, 2.24) is 10.6 Å². The van der Waals surface area contributed by atoms with Crippen molar-refractivity contribution in [2.45, 2.75) is 31.4 Å². The summed E-state index contributed by atoms with van der Waals surface area (Å²) < 4.78 is 0.123. The maximum absolute atomic E-state index is 9.62. The summed E-state index contributed by atoms with van der Waals surface area (Å²) in [6.45, 7) is 8.77. The van der Waals surface area contributed by atoms with Crippen molar-refractivity contribution in [2.24, 2.45) is 4.99 Å². The summed E-state index contributed by atoms with van der Waals surface area (Å²) in [6, 6.07) is 10.1. The molecule has 0 saturated heterocycles. The molecule has 0 radical (unpaired) electrons. The van der Waals surface area contributed by atoms with Gasteiger partial charge < -0.3 is 15.7 Å². The SMILES string of the molecule is CCNC(=NCC(C)(C)SC)NCC(CO)c1ccccc1.I. The summed E-state index contributed by atoms with van der Waals surface area (Å²) in [4.78, 5) is 4.65. The zero-order valence-corrected chi connectivity index (χ0v) is 17.7. The fourth-order valence-corrected chi connectivity index (χ4v) is 2.10. The Morgan fingerprint density at radius 1 is 1.26 bits per heavy atom. The molecule has 0 aromatic heterocycles. The predicted octanol–water partition coefficient (Wildman–Crippen LogP) is 3.08. The summed E-state index contributed by atoms with van der Waals surface area (Å²) in [7, 11) is 0. The zero-order chi connectivity index (χ0) is 16.4. The first-order chi connectivity index (χ1) is 10.5. The molecule has 0 aliphatic heterocycles. The lowest BCUT2D eigenvalue weighted by Crippen LogP contribution is -2.40. The van der Waals surface area contributed by atoms with Gasteiger partial charge in [0.15, 0.2) is 5.96 Å². The van der Waals surface area contributed by atoms with Crippen molar-refractivity contribution in [3.05, 3.63) is 35.9 Å². The lowest BCUT2D eigenvalue weighted by atomic mass is 10.0. The second-order valence-corrected chi connectivity index (χ2v) is 7.34. The van der Waals surface area contributed by atoms with Crippen LogP contribution in [0.2, 0.25) is 0 Å². The maximum atomic E-state index is 9.62. The number of guanidine groups is 1. The predicted molar refractivity (Wildman–Crippen MR) is 113 cm³/mol. The van der Waals surface area contributed by atoms with Gasteiger partial charge >= 0.3 is 0 Å². The Morgan fingerprint density at radius 2 is 1.91 bits per heavy atom. The second kappa shape index (κ2) is 12.0. The summed E-state index contributed by atoms with van der Waals surface area (Å²) in [5.41, 5.74) is 1.14. The minimum Gasteiger partial charge on any atom is -0.396 e. The normalized spacial score (nSPS) is 13.2. The van der Waals surface area contributed by atoms with Gasteiger partial charge in [-0.15, -0.1) is 24.0 Å². The van der Waals surface area contributed by atoms with E-state index in [9.17, 15) is 5.11 Å². The number of benzene rings is 1. The fraction of sp³-hybridized carbons (Fsp3) is 0.588. The first-order valence-electron chi connectivity index (χ1n) is 7.75. The Labute approximate surface area is 162 Å². The van der Waals surface area contributed by atoms with E-state index in [1.54, 1.807) is 0 Å². The first-order valence-corrected chi connectivity index (χ1v) is 8.98. The third-order valence-electron chi connectivity index (χ3n) is 3.52. The minimum absolute atomic E-state index is 0. The lowest BCUT2D eigenvalue weighted by Gasteiger charge is -2.21. The molecule has 1 unspecified atom stereocenters. The Bertz CT molecular complexity index is 454. The molecular weight excluding hydrogens is 421 g/mol. The lowest BCUT2D eigenvalue weighted by molar-refractivity contribution is 0.265. The minimum atomic E-state index is 0. The van der Waals surface area contributed by atoms with Gasteiger partial charge in [-0.3, -0.25) is 4.99 Å². The molecule has 1 rings (SSSR count). The Kier molecular flexibility index (Phi) is 11.7. The molecule has 23 heavy (non-hydrogen) atoms. The molecule has 0 amide bonds. The Morgan fingerprint density at radius 3 is 2.43 bits per heavy atom. The molecule has 0 aliphatic carbocycles. The van der Waals surface area contributed by atoms with Crippen LogP contribution in [0.15, 0.2) is 35.3 Å². The highest BCUT2D eigenvalue weighted by Gasteiger charge is 2.16. The highest BCUT2D eigenvalue weighted by Crippen LogP contribution is 2.21. The number of aliphatic imine (C=N–C) groups is 1. The number of nitrogens with one attached hydrogen (secondary N) is 2. The van der Waals surface area contributed by atoms with E-state index < -0.39 is 0 Å². The number of halogens is 1. The molecular formula is C17H30IN3OS. The molecule has 0 heterocycles. The fourth-order valence-electron chi connectivity index (χ4n) is 1.91. The number of nitrogens with zero attached hydrogens (tertiary/aromatic N) is 1. The van der Waals surface area contributed by atoms with E-state index in [-0.39, 0.29) is 41.2 Å². The number of hydrogen-bond donors (Lipinski definition) is 3. The van der Waals surface area contributed by atoms with Crippen LogP contribution in [0.5, 0.6) is 0 Å². The average Bonchev–Trinajstić information content (AvgIpc) is 2.54.